The molecule has 3 aliphatic rings. The quantitative estimate of drug-likeness (QED) is 0.742. The zero-order chi connectivity index (χ0) is 17.6. The van der Waals surface area contributed by atoms with Crippen molar-refractivity contribution in [1.29, 1.82) is 0 Å². The molecule has 0 aliphatic heterocycles. The van der Waals surface area contributed by atoms with Crippen LogP contribution in [0.5, 0.6) is 5.75 Å². The van der Waals surface area contributed by atoms with Crippen LogP contribution in [0.3, 0.4) is 0 Å². The maximum absolute atomic E-state index is 14.0. The van der Waals surface area contributed by atoms with Gasteiger partial charge in [-0.2, -0.15) is 0 Å². The number of hydrogen-bond acceptors (Lipinski definition) is 4. The largest absolute Gasteiger partial charge is 0.545 e. The van der Waals surface area contributed by atoms with Crippen molar-refractivity contribution in [2.24, 2.45) is 23.7 Å². The van der Waals surface area contributed by atoms with Crippen LogP contribution < -0.4 is 9.84 Å². The van der Waals surface area contributed by atoms with Gasteiger partial charge in [0, 0.05) is 12.0 Å². The average molecular weight is 347 g/mol. The van der Waals surface area contributed by atoms with E-state index in [9.17, 15) is 14.3 Å². The van der Waals surface area contributed by atoms with Crippen LogP contribution in [0.2, 0.25) is 0 Å². The van der Waals surface area contributed by atoms with Crippen molar-refractivity contribution in [3.8, 4) is 5.75 Å². The molecule has 3 aliphatic carbocycles. The maximum Gasteiger partial charge on any atom is 0.200 e. The van der Waals surface area contributed by atoms with Crippen LogP contribution >= 0.6 is 0 Å². The summed E-state index contributed by atoms with van der Waals surface area (Å²) in [6.07, 6.45) is 6.55. The van der Waals surface area contributed by atoms with Crippen LogP contribution in [0.4, 0.5) is 4.39 Å². The second-order valence-electron chi connectivity index (χ2n) is 7.72. The summed E-state index contributed by atoms with van der Waals surface area (Å²) >= 11 is 0. The van der Waals surface area contributed by atoms with Crippen LogP contribution in [0.25, 0.3) is 0 Å². The third-order valence-corrected chi connectivity index (χ3v) is 6.45. The van der Waals surface area contributed by atoms with Crippen molar-refractivity contribution in [3.63, 3.8) is 0 Å². The molecule has 0 amide bonds. The summed E-state index contributed by atoms with van der Waals surface area (Å²) in [6.45, 7) is 1.93. The Balaban J connectivity index is 1.44. The molecule has 0 spiro atoms. The van der Waals surface area contributed by atoms with Crippen LogP contribution in [-0.2, 0) is 4.74 Å². The zero-order valence-electron chi connectivity index (χ0n) is 14.4. The smallest absolute Gasteiger partial charge is 0.200 e. The summed E-state index contributed by atoms with van der Waals surface area (Å²) in [7, 11) is 0. The number of hydrogen-bond donors (Lipinski definition) is 0. The normalized spacial score (nSPS) is 34.1. The van der Waals surface area contributed by atoms with Gasteiger partial charge >= 0.3 is 0 Å². The Kier molecular flexibility index (Phi) is 4.44. The fourth-order valence-corrected chi connectivity index (χ4v) is 5.43. The maximum atomic E-state index is 14.0. The SMILES string of the molecule is CCC(Oc1cc(C(=O)[O-])ccc1F)OC1CC2CC1C1CCCC21. The van der Waals surface area contributed by atoms with Crippen LogP contribution in [-0.4, -0.2) is 18.4 Å². The van der Waals surface area contributed by atoms with E-state index in [1.165, 1.54) is 37.8 Å². The molecule has 4 nitrogen and oxygen atoms in total. The molecule has 3 saturated carbocycles. The van der Waals surface area contributed by atoms with Gasteiger partial charge < -0.3 is 19.4 Å². The first-order valence-electron chi connectivity index (χ1n) is 9.39. The Morgan fingerprint density at radius 3 is 2.84 bits per heavy atom. The number of aromatic carboxylic acids is 1. The minimum atomic E-state index is -1.35. The second-order valence-corrected chi connectivity index (χ2v) is 7.72. The topological polar surface area (TPSA) is 58.6 Å². The highest BCUT2D eigenvalue weighted by molar-refractivity contribution is 5.86. The molecule has 6 unspecified atom stereocenters. The van der Waals surface area contributed by atoms with Gasteiger partial charge in [0.25, 0.3) is 0 Å². The lowest BCUT2D eigenvalue weighted by atomic mass is 9.80. The molecule has 0 saturated heterocycles. The van der Waals surface area contributed by atoms with E-state index in [1.807, 2.05) is 6.92 Å². The van der Waals surface area contributed by atoms with Crippen LogP contribution in [0.1, 0.15) is 55.8 Å². The third kappa shape index (κ3) is 3.03. The number of halogens is 1. The predicted molar refractivity (Wildman–Crippen MR) is 87.4 cm³/mol. The lowest BCUT2D eigenvalue weighted by Crippen LogP contribution is -2.35. The van der Waals surface area contributed by atoms with Crippen molar-refractivity contribution in [2.45, 2.75) is 57.8 Å². The molecule has 4 rings (SSSR count). The monoisotopic (exact) mass is 347 g/mol. The molecule has 1 aromatic carbocycles. The van der Waals surface area contributed by atoms with Crippen molar-refractivity contribution in [2.75, 3.05) is 0 Å². The second kappa shape index (κ2) is 6.60. The Morgan fingerprint density at radius 1 is 1.28 bits per heavy atom. The summed E-state index contributed by atoms with van der Waals surface area (Å²) in [6, 6.07) is 3.44. The molecule has 136 valence electrons. The summed E-state index contributed by atoms with van der Waals surface area (Å²) < 4.78 is 25.9. The Morgan fingerprint density at radius 2 is 2.08 bits per heavy atom. The van der Waals surface area contributed by atoms with Crippen LogP contribution in [0.15, 0.2) is 18.2 Å². The fraction of sp³-hybridized carbons (Fsp3) is 0.650. The summed E-state index contributed by atoms with van der Waals surface area (Å²) in [5, 5.41) is 11.0. The van der Waals surface area contributed by atoms with Gasteiger partial charge in [-0.05, 0) is 67.6 Å². The van der Waals surface area contributed by atoms with E-state index in [0.29, 0.717) is 12.3 Å². The van der Waals surface area contributed by atoms with Crippen molar-refractivity contribution < 1.29 is 23.8 Å². The molecule has 25 heavy (non-hydrogen) atoms. The minimum absolute atomic E-state index is 0.0875. The molecule has 0 radical (unpaired) electrons. The van der Waals surface area contributed by atoms with Crippen LogP contribution in [0, 0.1) is 29.5 Å². The highest BCUT2D eigenvalue weighted by Gasteiger charge is 2.54. The summed E-state index contributed by atoms with van der Waals surface area (Å²) in [5.74, 6) is 1.04. The molecule has 2 bridgehead atoms. The van der Waals surface area contributed by atoms with E-state index in [4.69, 9.17) is 9.47 Å². The Labute approximate surface area is 147 Å². The summed E-state index contributed by atoms with van der Waals surface area (Å²) in [5.41, 5.74) is -0.0972. The van der Waals surface area contributed by atoms with E-state index < -0.39 is 18.1 Å². The molecule has 6 atom stereocenters. The first-order valence-corrected chi connectivity index (χ1v) is 9.39. The molecule has 1 aromatic rings. The Hall–Kier alpha value is -1.62. The predicted octanol–water partition coefficient (Wildman–Crippen LogP) is 3.15. The standard InChI is InChI=1S/C20H25FO4/c1-2-19(25-18-9-11(20(22)23)6-7-16(18)21)24-17-10-12-8-15(17)14-5-3-4-13(12)14/h6-7,9,12-15,17,19H,2-5,8,10H2,1H3,(H,22,23)/p-1. The van der Waals surface area contributed by atoms with E-state index in [0.717, 1.165) is 30.2 Å². The fourth-order valence-electron chi connectivity index (χ4n) is 5.43. The molecule has 0 heterocycles. The van der Waals surface area contributed by atoms with Gasteiger partial charge in [0.1, 0.15) is 0 Å². The zero-order valence-corrected chi connectivity index (χ0v) is 14.4. The number of carbonyl (C=O) groups is 1. The van der Waals surface area contributed by atoms with Gasteiger partial charge in [-0.15, -0.1) is 0 Å². The number of carboxylic acids is 1. The van der Waals surface area contributed by atoms with Crippen molar-refractivity contribution >= 4 is 5.97 Å². The van der Waals surface area contributed by atoms with E-state index in [-0.39, 0.29) is 17.4 Å². The van der Waals surface area contributed by atoms with E-state index in [1.54, 1.807) is 0 Å². The lowest BCUT2D eigenvalue weighted by molar-refractivity contribution is -0.255. The average Bonchev–Trinajstić information content (AvgIpc) is 3.28. The van der Waals surface area contributed by atoms with Crippen molar-refractivity contribution in [1.82, 2.24) is 0 Å². The van der Waals surface area contributed by atoms with Gasteiger partial charge in [-0.3, -0.25) is 0 Å². The first kappa shape index (κ1) is 16.8. The highest BCUT2D eigenvalue weighted by atomic mass is 19.1. The number of carbonyl (C=O) groups excluding carboxylic acids is 1. The van der Waals surface area contributed by atoms with Gasteiger partial charge in [0.05, 0.1) is 12.1 Å². The number of rotatable bonds is 6. The molecular formula is C20H24FO4-. The molecule has 0 N–H and O–H groups in total. The Bertz CT molecular complexity index is 661. The number of fused-ring (bicyclic) bond motifs is 5. The molecule has 5 heteroatoms. The minimum Gasteiger partial charge on any atom is -0.545 e. The number of carboxylic acid groups (broad SMARTS) is 1. The first-order chi connectivity index (χ1) is 12.1. The van der Waals surface area contributed by atoms with E-state index in [2.05, 4.69) is 0 Å². The summed E-state index contributed by atoms with van der Waals surface area (Å²) in [4.78, 5) is 11.0. The lowest BCUT2D eigenvalue weighted by Gasteiger charge is -2.33. The molecular weight excluding hydrogens is 323 g/mol. The van der Waals surface area contributed by atoms with Gasteiger partial charge in [0.2, 0.25) is 0 Å². The van der Waals surface area contributed by atoms with E-state index >= 15 is 0 Å². The van der Waals surface area contributed by atoms with Gasteiger partial charge in [-0.25, -0.2) is 4.39 Å². The third-order valence-electron chi connectivity index (χ3n) is 6.45. The van der Waals surface area contributed by atoms with Gasteiger partial charge in [0.15, 0.2) is 17.9 Å². The molecule has 3 fully saturated rings. The molecule has 0 aromatic heterocycles. The van der Waals surface area contributed by atoms with Gasteiger partial charge in [-0.1, -0.05) is 13.3 Å². The number of benzene rings is 1. The number of ether oxygens (including phenoxy) is 2. The highest BCUT2D eigenvalue weighted by Crippen LogP contribution is 2.59. The van der Waals surface area contributed by atoms with Crippen molar-refractivity contribution in [3.05, 3.63) is 29.6 Å².